The zero-order valence-electron chi connectivity index (χ0n) is 24.6. The summed E-state index contributed by atoms with van der Waals surface area (Å²) in [6.45, 7) is 7.13. The molecule has 0 bridgehead atoms. The van der Waals surface area contributed by atoms with E-state index in [4.69, 9.17) is 9.47 Å². The summed E-state index contributed by atoms with van der Waals surface area (Å²) in [6.07, 6.45) is 28.8. The van der Waals surface area contributed by atoms with E-state index < -0.39 is 0 Å². The summed E-state index contributed by atoms with van der Waals surface area (Å²) < 4.78 is 11.0. The average Bonchev–Trinajstić information content (AvgIpc) is 2.87. The highest BCUT2D eigenvalue weighted by Crippen LogP contribution is 2.15. The highest BCUT2D eigenvalue weighted by Gasteiger charge is 2.13. The molecule has 4 heteroatoms. The third kappa shape index (κ3) is 26.0. The molecule has 0 aliphatic heterocycles. The molecule has 4 nitrogen and oxygen atoms in total. The predicted molar refractivity (Wildman–Crippen MR) is 153 cm³/mol. The minimum atomic E-state index is -0.0921. The van der Waals surface area contributed by atoms with Crippen molar-refractivity contribution in [2.24, 2.45) is 0 Å². The van der Waals surface area contributed by atoms with Crippen molar-refractivity contribution in [3.63, 3.8) is 0 Å². The van der Waals surface area contributed by atoms with Gasteiger partial charge in [-0.25, -0.2) is 0 Å². The van der Waals surface area contributed by atoms with Crippen LogP contribution in [0.4, 0.5) is 0 Å². The Hall–Kier alpha value is -1.06. The lowest BCUT2D eigenvalue weighted by Crippen LogP contribution is -2.18. The fourth-order valence-electron chi connectivity index (χ4n) is 4.71. The van der Waals surface area contributed by atoms with Gasteiger partial charge in [0.05, 0.1) is 6.61 Å². The minimum Gasteiger partial charge on any atom is -0.466 e. The monoisotopic (exact) mass is 510 g/mol. The van der Waals surface area contributed by atoms with E-state index in [2.05, 4.69) is 20.8 Å². The van der Waals surface area contributed by atoms with Crippen molar-refractivity contribution in [3.8, 4) is 0 Å². The lowest BCUT2D eigenvalue weighted by atomic mass is 10.0. The van der Waals surface area contributed by atoms with E-state index in [0.29, 0.717) is 19.4 Å². The molecule has 0 heterocycles. The Morgan fingerprint density at radius 1 is 0.472 bits per heavy atom. The summed E-state index contributed by atoms with van der Waals surface area (Å²) in [5.41, 5.74) is 0. The van der Waals surface area contributed by atoms with Crippen LogP contribution in [0.1, 0.15) is 181 Å². The molecule has 0 amide bonds. The van der Waals surface area contributed by atoms with Crippen LogP contribution in [0.25, 0.3) is 0 Å². The highest BCUT2D eigenvalue weighted by molar-refractivity contribution is 5.70. The average molecular weight is 511 g/mol. The summed E-state index contributed by atoms with van der Waals surface area (Å²) in [7, 11) is 0. The van der Waals surface area contributed by atoms with Crippen LogP contribution >= 0.6 is 0 Å². The summed E-state index contributed by atoms with van der Waals surface area (Å²) in [5.74, 6) is -0.175. The SMILES string of the molecule is CCCCCCCCCCCCCCCCCOC(=O)CCCCCC(=O)OC(CCC)CCCC. The number of hydrogen-bond acceptors (Lipinski definition) is 4. The van der Waals surface area contributed by atoms with Crippen molar-refractivity contribution in [1.29, 1.82) is 0 Å². The minimum absolute atomic E-state index is 0.0807. The van der Waals surface area contributed by atoms with Crippen molar-refractivity contribution in [1.82, 2.24) is 0 Å². The Morgan fingerprint density at radius 3 is 1.42 bits per heavy atom. The van der Waals surface area contributed by atoms with Gasteiger partial charge in [0, 0.05) is 12.8 Å². The maximum Gasteiger partial charge on any atom is 0.306 e. The van der Waals surface area contributed by atoms with Crippen molar-refractivity contribution in [2.45, 2.75) is 187 Å². The normalized spacial score (nSPS) is 12.0. The van der Waals surface area contributed by atoms with Gasteiger partial charge in [0.15, 0.2) is 0 Å². The van der Waals surface area contributed by atoms with Gasteiger partial charge in [-0.15, -0.1) is 0 Å². The van der Waals surface area contributed by atoms with Gasteiger partial charge in [0.1, 0.15) is 6.10 Å². The zero-order valence-corrected chi connectivity index (χ0v) is 24.6. The topological polar surface area (TPSA) is 52.6 Å². The summed E-state index contributed by atoms with van der Waals surface area (Å²) >= 11 is 0. The molecular weight excluding hydrogens is 448 g/mol. The smallest absolute Gasteiger partial charge is 0.306 e. The molecule has 0 fully saturated rings. The highest BCUT2D eigenvalue weighted by atomic mass is 16.5. The molecule has 0 aliphatic carbocycles. The van der Waals surface area contributed by atoms with E-state index >= 15 is 0 Å². The number of ether oxygens (including phenoxy) is 2. The predicted octanol–water partition coefficient (Wildman–Crippen LogP) is 10.3. The van der Waals surface area contributed by atoms with Gasteiger partial charge in [-0.2, -0.15) is 0 Å². The molecule has 0 aromatic carbocycles. The molecule has 214 valence electrons. The fourth-order valence-corrected chi connectivity index (χ4v) is 4.71. The molecule has 0 spiro atoms. The number of unbranched alkanes of at least 4 members (excludes halogenated alkanes) is 17. The number of carbonyl (C=O) groups is 2. The third-order valence-electron chi connectivity index (χ3n) is 7.06. The number of carbonyl (C=O) groups excluding carboxylic acids is 2. The van der Waals surface area contributed by atoms with Crippen LogP contribution in [0.2, 0.25) is 0 Å². The molecule has 36 heavy (non-hydrogen) atoms. The first kappa shape index (κ1) is 34.9. The van der Waals surface area contributed by atoms with Crippen molar-refractivity contribution in [3.05, 3.63) is 0 Å². The number of esters is 2. The molecule has 1 unspecified atom stereocenters. The van der Waals surface area contributed by atoms with Gasteiger partial charge in [-0.1, -0.05) is 136 Å². The second-order valence-corrected chi connectivity index (χ2v) is 10.8. The molecule has 0 aliphatic rings. The largest absolute Gasteiger partial charge is 0.466 e. The number of hydrogen-bond donors (Lipinski definition) is 0. The summed E-state index contributed by atoms with van der Waals surface area (Å²) in [4.78, 5) is 23.9. The van der Waals surface area contributed by atoms with E-state index in [9.17, 15) is 9.59 Å². The summed E-state index contributed by atoms with van der Waals surface area (Å²) in [5, 5.41) is 0. The Balaban J connectivity index is 3.39. The van der Waals surface area contributed by atoms with Crippen LogP contribution < -0.4 is 0 Å². The zero-order chi connectivity index (χ0) is 26.5. The van der Waals surface area contributed by atoms with E-state index in [1.54, 1.807) is 0 Å². The van der Waals surface area contributed by atoms with Gasteiger partial charge in [0.2, 0.25) is 0 Å². The second-order valence-electron chi connectivity index (χ2n) is 10.8. The molecule has 0 radical (unpaired) electrons. The quantitative estimate of drug-likeness (QED) is 0.0775. The van der Waals surface area contributed by atoms with Crippen molar-refractivity contribution >= 4 is 11.9 Å². The van der Waals surface area contributed by atoms with Crippen molar-refractivity contribution in [2.75, 3.05) is 6.61 Å². The van der Waals surface area contributed by atoms with E-state index in [1.165, 1.54) is 83.5 Å². The van der Waals surface area contributed by atoms with Gasteiger partial charge < -0.3 is 9.47 Å². The van der Waals surface area contributed by atoms with Gasteiger partial charge >= 0.3 is 11.9 Å². The molecule has 1 atom stereocenters. The van der Waals surface area contributed by atoms with Gasteiger partial charge in [0.25, 0.3) is 0 Å². The third-order valence-corrected chi connectivity index (χ3v) is 7.06. The van der Waals surface area contributed by atoms with E-state index in [-0.39, 0.29) is 18.0 Å². The van der Waals surface area contributed by atoms with Crippen LogP contribution in [-0.2, 0) is 19.1 Å². The van der Waals surface area contributed by atoms with E-state index in [0.717, 1.165) is 64.2 Å². The summed E-state index contributed by atoms with van der Waals surface area (Å²) in [6, 6.07) is 0. The van der Waals surface area contributed by atoms with Crippen molar-refractivity contribution < 1.29 is 19.1 Å². The molecule has 0 rings (SSSR count). The second kappa shape index (κ2) is 28.5. The maximum atomic E-state index is 12.1. The lowest BCUT2D eigenvalue weighted by Gasteiger charge is -2.17. The van der Waals surface area contributed by atoms with Crippen LogP contribution in [-0.4, -0.2) is 24.6 Å². The standard InChI is InChI=1S/C32H62O4/c1-4-7-9-10-11-12-13-14-15-16-17-18-19-20-24-29-35-31(33)27-22-21-23-28-32(34)36-30(25-6-3)26-8-5-2/h30H,4-29H2,1-3H3. The Bertz CT molecular complexity index is 477. The van der Waals surface area contributed by atoms with Gasteiger partial charge in [-0.3, -0.25) is 9.59 Å². The van der Waals surface area contributed by atoms with Gasteiger partial charge in [-0.05, 0) is 32.1 Å². The number of rotatable bonds is 28. The molecule has 0 saturated carbocycles. The Kier molecular flexibility index (Phi) is 27.7. The molecule has 0 N–H and O–H groups in total. The lowest BCUT2D eigenvalue weighted by molar-refractivity contribution is -0.150. The van der Waals surface area contributed by atoms with Crippen LogP contribution in [0.3, 0.4) is 0 Å². The molecule has 0 saturated heterocycles. The Labute approximate surface area is 225 Å². The maximum absolute atomic E-state index is 12.1. The first-order valence-corrected chi connectivity index (χ1v) is 16.0. The Morgan fingerprint density at radius 2 is 0.917 bits per heavy atom. The van der Waals surface area contributed by atoms with Crippen LogP contribution in [0.5, 0.6) is 0 Å². The molecule has 0 aromatic heterocycles. The van der Waals surface area contributed by atoms with Crippen LogP contribution in [0, 0.1) is 0 Å². The first-order valence-electron chi connectivity index (χ1n) is 16.0. The first-order chi connectivity index (χ1) is 17.6. The van der Waals surface area contributed by atoms with Crippen LogP contribution in [0.15, 0.2) is 0 Å². The molecule has 0 aromatic rings. The fraction of sp³-hybridized carbons (Fsp3) is 0.938. The van der Waals surface area contributed by atoms with E-state index in [1.807, 2.05) is 0 Å². The molecular formula is C32H62O4.